The van der Waals surface area contributed by atoms with Gasteiger partial charge in [0, 0.05) is 46.1 Å². The molecule has 6 aromatic rings. The molecule has 0 radical (unpaired) electrons. The van der Waals surface area contributed by atoms with Gasteiger partial charge in [0.2, 0.25) is 0 Å². The van der Waals surface area contributed by atoms with Gasteiger partial charge in [-0.2, -0.15) is 0 Å². The van der Waals surface area contributed by atoms with Crippen molar-refractivity contribution in [3.63, 3.8) is 0 Å². The Kier molecular flexibility index (Phi) is 16.5. The first-order valence-corrected chi connectivity index (χ1v) is 29.8. The number of hydrogen-bond donors (Lipinski definition) is 3. The van der Waals surface area contributed by atoms with Gasteiger partial charge in [-0.05, 0) is 221 Å². The molecule has 0 aliphatic rings. The first-order valence-electron chi connectivity index (χ1n) is 26.0. The molecule has 0 fully saturated rings. The second kappa shape index (κ2) is 20.6. The minimum Gasteiger partial charge on any atom is -0.508 e. The molecule has 0 aromatic heterocycles. The maximum atomic E-state index is 11.1. The molecular formula is C66H87O3PS3. The van der Waals surface area contributed by atoms with E-state index in [1.165, 1.54) is 64.0 Å². The van der Waals surface area contributed by atoms with Crippen LogP contribution in [0.2, 0.25) is 0 Å². The first kappa shape index (κ1) is 58.5. The second-order valence-corrected chi connectivity index (χ2v) is 32.3. The number of aryl methyl sites for hydroxylation is 6. The van der Waals surface area contributed by atoms with Crippen molar-refractivity contribution < 1.29 is 15.3 Å². The Morgan fingerprint density at radius 1 is 0.260 bits per heavy atom. The predicted octanol–water partition coefficient (Wildman–Crippen LogP) is 18.7. The van der Waals surface area contributed by atoms with Crippen LogP contribution in [0, 0.1) is 41.5 Å². The number of phenols is 3. The van der Waals surface area contributed by atoms with Gasteiger partial charge in [-0.15, -0.1) is 0 Å². The smallest absolute Gasteiger partial charge is 0.119 e. The highest BCUT2D eigenvalue weighted by Gasteiger charge is 2.36. The number of aromatic hydroxyl groups is 3. The topological polar surface area (TPSA) is 60.7 Å². The fourth-order valence-corrected chi connectivity index (χ4v) is 16.4. The number of rotatable bonds is 9. The number of hydrogen-bond acceptors (Lipinski definition) is 6. The summed E-state index contributed by atoms with van der Waals surface area (Å²) in [6.07, 6.45) is 0. The molecule has 0 saturated heterocycles. The lowest BCUT2D eigenvalue weighted by Crippen LogP contribution is -2.35. The summed E-state index contributed by atoms with van der Waals surface area (Å²) in [5.41, 5.74) is 12.6. The zero-order valence-electron chi connectivity index (χ0n) is 48.9. The minimum atomic E-state index is -1.19. The van der Waals surface area contributed by atoms with Crippen molar-refractivity contribution in [3.8, 4) is 17.2 Å². The molecule has 0 atom stereocenters. The summed E-state index contributed by atoms with van der Waals surface area (Å²) < 4.78 is 0. The van der Waals surface area contributed by atoms with Gasteiger partial charge < -0.3 is 15.3 Å². The van der Waals surface area contributed by atoms with E-state index in [1.807, 2.05) is 53.5 Å². The van der Waals surface area contributed by atoms with E-state index in [-0.39, 0.29) is 32.5 Å². The van der Waals surface area contributed by atoms with Gasteiger partial charge in [-0.25, -0.2) is 0 Å². The molecule has 0 unspecified atom stereocenters. The third kappa shape index (κ3) is 12.9. The lowest BCUT2D eigenvalue weighted by atomic mass is 9.86. The van der Waals surface area contributed by atoms with Gasteiger partial charge in [0.1, 0.15) is 17.2 Å². The number of phenolic OH excluding ortho intramolecular Hbond substituents is 3. The van der Waals surface area contributed by atoms with Gasteiger partial charge in [0.25, 0.3) is 0 Å². The van der Waals surface area contributed by atoms with Crippen LogP contribution in [0.25, 0.3) is 0 Å². The van der Waals surface area contributed by atoms with Crippen molar-refractivity contribution in [3.05, 3.63) is 140 Å². The van der Waals surface area contributed by atoms with Gasteiger partial charge >= 0.3 is 0 Å². The van der Waals surface area contributed by atoms with Gasteiger partial charge in [0.15, 0.2) is 0 Å². The highest BCUT2D eigenvalue weighted by atomic mass is 32.2. The quantitative estimate of drug-likeness (QED) is 0.125. The molecule has 73 heavy (non-hydrogen) atoms. The van der Waals surface area contributed by atoms with Crippen molar-refractivity contribution in [2.24, 2.45) is 0 Å². The van der Waals surface area contributed by atoms with Crippen molar-refractivity contribution >= 4 is 59.1 Å². The van der Waals surface area contributed by atoms with E-state index in [9.17, 15) is 15.3 Å². The minimum absolute atomic E-state index is 0.206. The van der Waals surface area contributed by atoms with Crippen molar-refractivity contribution in [1.82, 2.24) is 0 Å². The highest BCUT2D eigenvalue weighted by molar-refractivity contribution is 8.00. The summed E-state index contributed by atoms with van der Waals surface area (Å²) in [5.74, 6) is 1.06. The largest absolute Gasteiger partial charge is 0.508 e. The van der Waals surface area contributed by atoms with E-state index in [0.717, 1.165) is 48.1 Å². The molecule has 0 amide bonds. The molecular weight excluding hydrogens is 968 g/mol. The van der Waals surface area contributed by atoms with Crippen molar-refractivity contribution in [1.29, 1.82) is 0 Å². The van der Waals surface area contributed by atoms with Crippen LogP contribution >= 0.6 is 43.2 Å². The summed E-state index contributed by atoms with van der Waals surface area (Å²) in [5, 5.41) is 37.5. The molecule has 0 heterocycles. The van der Waals surface area contributed by atoms with Gasteiger partial charge in [0.05, 0.1) is 0 Å². The maximum Gasteiger partial charge on any atom is 0.119 e. The summed E-state index contributed by atoms with van der Waals surface area (Å²) in [7, 11) is -1.19. The van der Waals surface area contributed by atoms with Crippen LogP contribution in [0.4, 0.5) is 0 Å². The third-order valence-corrected chi connectivity index (χ3v) is 20.5. The lowest BCUT2D eigenvalue weighted by Gasteiger charge is -2.36. The van der Waals surface area contributed by atoms with Crippen molar-refractivity contribution in [2.45, 2.75) is 228 Å². The standard InChI is InChI=1S/C66H87O3PS3/c1-37-25-49(67)43(61(7,8)9)31-55(37)71-58-34-46(64(16,17)18)52(28-40(58)4)70(53-29-41(5)59(35-47(53)65(19,20)21)72-56-32-44(62(10,11)12)50(68)26-38(56)2)54-30-42(6)60(36-48(54)66(22,23)24)73-57-33-45(63(13,14)15)51(69)27-39(57)3/h25-36,67-69H,1-24H3. The van der Waals surface area contributed by atoms with E-state index in [1.54, 1.807) is 0 Å². The van der Waals surface area contributed by atoms with E-state index in [4.69, 9.17) is 0 Å². The predicted molar refractivity (Wildman–Crippen MR) is 322 cm³/mol. The molecule has 392 valence electrons. The summed E-state index contributed by atoms with van der Waals surface area (Å²) in [4.78, 5) is 7.18. The van der Waals surface area contributed by atoms with Crippen molar-refractivity contribution in [2.75, 3.05) is 0 Å². The fourth-order valence-electron chi connectivity index (χ4n) is 9.60. The molecule has 7 heteroatoms. The van der Waals surface area contributed by atoms with Crippen LogP contribution in [0.3, 0.4) is 0 Å². The summed E-state index contributed by atoms with van der Waals surface area (Å²) >= 11 is 5.45. The summed E-state index contributed by atoms with van der Waals surface area (Å²) in [6, 6.07) is 27.5. The zero-order valence-corrected chi connectivity index (χ0v) is 52.3. The van der Waals surface area contributed by atoms with Gasteiger partial charge in [-0.3, -0.25) is 0 Å². The normalized spacial score (nSPS) is 13.1. The Labute approximate surface area is 456 Å². The fraction of sp³-hybridized carbons (Fsp3) is 0.455. The van der Waals surface area contributed by atoms with E-state index in [2.05, 4.69) is 221 Å². The van der Waals surface area contributed by atoms with E-state index >= 15 is 0 Å². The Hall–Kier alpha value is -3.80. The summed E-state index contributed by atoms with van der Waals surface area (Å²) in [6.45, 7) is 54.0. The Morgan fingerprint density at radius 2 is 0.425 bits per heavy atom. The molecule has 0 spiro atoms. The molecule has 3 N–H and O–H groups in total. The van der Waals surface area contributed by atoms with Crippen LogP contribution in [0.1, 0.15) is 191 Å². The Balaban J connectivity index is 1.70. The lowest BCUT2D eigenvalue weighted by molar-refractivity contribution is 0.444. The number of benzene rings is 6. The van der Waals surface area contributed by atoms with E-state index in [0.29, 0.717) is 17.2 Å². The molecule has 0 bridgehead atoms. The average Bonchev–Trinajstić information content (AvgIpc) is 3.20. The van der Waals surface area contributed by atoms with Crippen LogP contribution in [-0.4, -0.2) is 15.3 Å². The average molecular weight is 1060 g/mol. The third-order valence-electron chi connectivity index (χ3n) is 14.0. The van der Waals surface area contributed by atoms with Gasteiger partial charge in [-0.1, -0.05) is 160 Å². The van der Waals surface area contributed by atoms with Crippen LogP contribution in [0.5, 0.6) is 17.2 Å². The molecule has 0 aliphatic heterocycles. The monoisotopic (exact) mass is 1050 g/mol. The zero-order chi connectivity index (χ0) is 55.0. The maximum absolute atomic E-state index is 11.1. The molecule has 3 nitrogen and oxygen atoms in total. The molecule has 0 saturated carbocycles. The molecule has 6 rings (SSSR count). The Morgan fingerprint density at radius 3 is 0.603 bits per heavy atom. The van der Waals surface area contributed by atoms with Crippen LogP contribution in [0.15, 0.2) is 102 Å². The second-order valence-electron chi connectivity index (χ2n) is 27.0. The molecule has 0 aliphatic carbocycles. The highest BCUT2D eigenvalue weighted by Crippen LogP contribution is 2.50. The Bertz CT molecular complexity index is 2750. The first-order chi connectivity index (χ1) is 33.2. The SMILES string of the molecule is Cc1cc(O)c(C(C)(C)C)cc1Sc1cc(C(C)(C)C)c(P(c2cc(C)c(Sc3cc(C(C)(C)C)c(O)cc3C)cc2C(C)(C)C)c2cc(C)c(Sc3cc(C(C)(C)C)c(O)cc3C)cc2C(C)(C)C)cc1C. The van der Waals surface area contributed by atoms with Crippen LogP contribution in [-0.2, 0) is 32.5 Å². The van der Waals surface area contributed by atoms with E-state index < -0.39 is 7.92 Å². The van der Waals surface area contributed by atoms with Crippen LogP contribution < -0.4 is 15.9 Å². The molecule has 6 aromatic carbocycles.